The van der Waals surface area contributed by atoms with E-state index in [4.69, 9.17) is 9.52 Å². The Morgan fingerprint density at radius 1 is 1.05 bits per heavy atom. The molecular weight excluding hydrogens is 240 g/mol. The fourth-order valence-corrected chi connectivity index (χ4v) is 2.27. The first kappa shape index (κ1) is 13.7. The van der Waals surface area contributed by atoms with E-state index in [1.165, 1.54) is 5.39 Å². The van der Waals surface area contributed by atoms with Crippen molar-refractivity contribution in [1.82, 2.24) is 0 Å². The lowest BCUT2D eigenvalue weighted by Gasteiger charge is -1.99. The number of hydrogen-bond donors (Lipinski definition) is 1. The molecule has 3 nitrogen and oxygen atoms in total. The maximum absolute atomic E-state index is 10.3. The van der Waals surface area contributed by atoms with Crippen molar-refractivity contribution in [1.29, 1.82) is 0 Å². The summed E-state index contributed by atoms with van der Waals surface area (Å²) in [5.74, 6) is 0.356. The van der Waals surface area contributed by atoms with Gasteiger partial charge in [-0.15, -0.1) is 0 Å². The number of unbranched alkanes of at least 4 members (excludes halogenated alkanes) is 4. The van der Waals surface area contributed by atoms with E-state index in [0.29, 0.717) is 6.42 Å². The van der Waals surface area contributed by atoms with Crippen LogP contribution in [0.25, 0.3) is 11.0 Å². The van der Waals surface area contributed by atoms with Crippen LogP contribution in [-0.4, -0.2) is 11.1 Å². The van der Waals surface area contributed by atoms with Gasteiger partial charge in [-0.2, -0.15) is 0 Å². The van der Waals surface area contributed by atoms with Crippen LogP contribution in [0.2, 0.25) is 0 Å². The van der Waals surface area contributed by atoms with Crippen LogP contribution in [0.4, 0.5) is 0 Å². The molecule has 0 radical (unpaired) electrons. The number of rotatable bonds is 8. The smallest absolute Gasteiger partial charge is 0.303 e. The Bertz CT molecular complexity index is 495. The largest absolute Gasteiger partial charge is 0.481 e. The van der Waals surface area contributed by atoms with Gasteiger partial charge in [0.05, 0.1) is 0 Å². The zero-order valence-corrected chi connectivity index (χ0v) is 11.1. The molecule has 1 heterocycles. The predicted octanol–water partition coefficient (Wildman–Crippen LogP) is 4.40. The minimum Gasteiger partial charge on any atom is -0.481 e. The monoisotopic (exact) mass is 260 g/mol. The maximum atomic E-state index is 10.3. The first-order valence-electron chi connectivity index (χ1n) is 6.95. The molecule has 0 saturated carbocycles. The van der Waals surface area contributed by atoms with Crippen LogP contribution in [0.15, 0.2) is 34.7 Å². The summed E-state index contributed by atoms with van der Waals surface area (Å²) in [6.07, 6.45) is 6.40. The number of carbonyl (C=O) groups is 1. The molecule has 1 N–H and O–H groups in total. The molecule has 0 bridgehead atoms. The summed E-state index contributed by atoms with van der Waals surface area (Å²) in [6, 6.07) is 10.2. The van der Waals surface area contributed by atoms with Gasteiger partial charge in [-0.3, -0.25) is 4.79 Å². The molecule has 1 aromatic carbocycles. The Labute approximate surface area is 113 Å². The van der Waals surface area contributed by atoms with Gasteiger partial charge in [0, 0.05) is 18.2 Å². The van der Waals surface area contributed by atoms with E-state index < -0.39 is 5.97 Å². The molecule has 0 fully saturated rings. The van der Waals surface area contributed by atoms with E-state index in [9.17, 15) is 4.79 Å². The number of carboxylic acids is 1. The molecule has 3 heteroatoms. The standard InChI is InChI=1S/C16H20O3/c17-16(18)11-5-3-1-2-4-9-14-12-13-8-6-7-10-15(13)19-14/h6-8,10,12H,1-5,9,11H2,(H,17,18). The Kier molecular flexibility index (Phi) is 5.01. The fraction of sp³-hybridized carbons (Fsp3) is 0.438. The summed E-state index contributed by atoms with van der Waals surface area (Å²) in [4.78, 5) is 10.3. The summed E-state index contributed by atoms with van der Waals surface area (Å²) in [7, 11) is 0. The fourth-order valence-electron chi connectivity index (χ4n) is 2.27. The van der Waals surface area contributed by atoms with Gasteiger partial charge < -0.3 is 9.52 Å². The lowest BCUT2D eigenvalue weighted by molar-refractivity contribution is -0.137. The van der Waals surface area contributed by atoms with Gasteiger partial charge in [-0.1, -0.05) is 37.5 Å². The second-order valence-corrected chi connectivity index (χ2v) is 4.91. The molecule has 102 valence electrons. The van der Waals surface area contributed by atoms with Crippen molar-refractivity contribution >= 4 is 16.9 Å². The number of benzene rings is 1. The summed E-state index contributed by atoms with van der Waals surface area (Å²) < 4.78 is 5.75. The summed E-state index contributed by atoms with van der Waals surface area (Å²) >= 11 is 0. The molecule has 0 atom stereocenters. The van der Waals surface area contributed by atoms with Gasteiger partial charge in [-0.05, 0) is 25.0 Å². The number of furan rings is 1. The van der Waals surface area contributed by atoms with Gasteiger partial charge >= 0.3 is 5.97 Å². The summed E-state index contributed by atoms with van der Waals surface area (Å²) in [6.45, 7) is 0. The Morgan fingerprint density at radius 2 is 1.79 bits per heavy atom. The van der Waals surface area contributed by atoms with Crippen molar-refractivity contribution in [2.75, 3.05) is 0 Å². The Balaban J connectivity index is 1.64. The molecule has 2 aromatic rings. The minimum atomic E-state index is -0.692. The van der Waals surface area contributed by atoms with E-state index in [-0.39, 0.29) is 0 Å². The van der Waals surface area contributed by atoms with E-state index in [0.717, 1.165) is 49.9 Å². The molecule has 0 aliphatic carbocycles. The van der Waals surface area contributed by atoms with Crippen molar-refractivity contribution in [2.45, 2.75) is 44.9 Å². The normalized spacial score (nSPS) is 10.9. The van der Waals surface area contributed by atoms with Crippen LogP contribution in [0.3, 0.4) is 0 Å². The third kappa shape index (κ3) is 4.43. The lowest BCUT2D eigenvalue weighted by Crippen LogP contribution is -1.93. The lowest BCUT2D eigenvalue weighted by atomic mass is 10.1. The van der Waals surface area contributed by atoms with Gasteiger partial charge in [0.15, 0.2) is 0 Å². The second kappa shape index (κ2) is 6.98. The van der Waals surface area contributed by atoms with Crippen LogP contribution < -0.4 is 0 Å². The van der Waals surface area contributed by atoms with Gasteiger partial charge in [-0.25, -0.2) is 0 Å². The summed E-state index contributed by atoms with van der Waals surface area (Å²) in [5.41, 5.74) is 0.957. The van der Waals surface area contributed by atoms with Crippen LogP contribution >= 0.6 is 0 Å². The molecule has 0 aliphatic heterocycles. The van der Waals surface area contributed by atoms with Crippen LogP contribution in [-0.2, 0) is 11.2 Å². The molecule has 0 saturated heterocycles. The maximum Gasteiger partial charge on any atom is 0.303 e. The van der Waals surface area contributed by atoms with Gasteiger partial charge in [0.2, 0.25) is 0 Å². The van der Waals surface area contributed by atoms with Crippen molar-refractivity contribution in [3.63, 3.8) is 0 Å². The average molecular weight is 260 g/mol. The van der Waals surface area contributed by atoms with E-state index >= 15 is 0 Å². The van der Waals surface area contributed by atoms with Crippen molar-refractivity contribution in [2.24, 2.45) is 0 Å². The highest BCUT2D eigenvalue weighted by molar-refractivity contribution is 5.77. The predicted molar refractivity (Wildman–Crippen MR) is 75.3 cm³/mol. The Morgan fingerprint density at radius 3 is 2.58 bits per heavy atom. The molecule has 0 spiro atoms. The van der Waals surface area contributed by atoms with Gasteiger partial charge in [0.1, 0.15) is 11.3 Å². The molecular formula is C16H20O3. The highest BCUT2D eigenvalue weighted by Crippen LogP contribution is 2.20. The van der Waals surface area contributed by atoms with E-state index in [1.54, 1.807) is 0 Å². The molecule has 19 heavy (non-hydrogen) atoms. The first-order valence-corrected chi connectivity index (χ1v) is 6.95. The van der Waals surface area contributed by atoms with Crippen LogP contribution in [0.1, 0.15) is 44.3 Å². The number of aliphatic carboxylic acids is 1. The van der Waals surface area contributed by atoms with Gasteiger partial charge in [0.25, 0.3) is 0 Å². The zero-order valence-electron chi connectivity index (χ0n) is 11.1. The quantitative estimate of drug-likeness (QED) is 0.716. The minimum absolute atomic E-state index is 0.295. The van der Waals surface area contributed by atoms with E-state index in [2.05, 4.69) is 12.1 Å². The van der Waals surface area contributed by atoms with Crippen molar-refractivity contribution < 1.29 is 14.3 Å². The number of fused-ring (bicyclic) bond motifs is 1. The topological polar surface area (TPSA) is 50.4 Å². The molecule has 0 amide bonds. The highest BCUT2D eigenvalue weighted by atomic mass is 16.4. The SMILES string of the molecule is O=C(O)CCCCCCCc1cc2ccccc2o1. The number of hydrogen-bond acceptors (Lipinski definition) is 2. The van der Waals surface area contributed by atoms with Crippen molar-refractivity contribution in [3.8, 4) is 0 Å². The highest BCUT2D eigenvalue weighted by Gasteiger charge is 2.02. The number of aryl methyl sites for hydroxylation is 1. The summed E-state index contributed by atoms with van der Waals surface area (Å²) in [5, 5.41) is 9.69. The third-order valence-electron chi connectivity index (χ3n) is 3.29. The average Bonchev–Trinajstić information content (AvgIpc) is 2.79. The molecule has 1 aromatic heterocycles. The Hall–Kier alpha value is -1.77. The first-order chi connectivity index (χ1) is 9.25. The number of carboxylic acid groups (broad SMARTS) is 1. The van der Waals surface area contributed by atoms with Crippen LogP contribution in [0.5, 0.6) is 0 Å². The second-order valence-electron chi connectivity index (χ2n) is 4.91. The van der Waals surface area contributed by atoms with E-state index in [1.807, 2.05) is 18.2 Å². The molecule has 0 aliphatic rings. The van der Waals surface area contributed by atoms with Crippen LogP contribution in [0, 0.1) is 0 Å². The third-order valence-corrected chi connectivity index (χ3v) is 3.29. The molecule has 0 unspecified atom stereocenters. The van der Waals surface area contributed by atoms with Crippen molar-refractivity contribution in [3.05, 3.63) is 36.1 Å². The number of para-hydroxylation sites is 1. The molecule has 2 rings (SSSR count). The zero-order chi connectivity index (χ0) is 13.5.